The zero-order chi connectivity index (χ0) is 10.7. The van der Waals surface area contributed by atoms with E-state index in [1.54, 1.807) is 6.92 Å². The van der Waals surface area contributed by atoms with Gasteiger partial charge in [0.1, 0.15) is 11.3 Å². The summed E-state index contributed by atoms with van der Waals surface area (Å²) >= 11 is 0. The molecule has 0 atom stereocenters. The molecule has 1 aromatic heterocycles. The van der Waals surface area contributed by atoms with Crippen molar-refractivity contribution in [2.45, 2.75) is 19.8 Å². The molecule has 1 rings (SSSR count). The van der Waals surface area contributed by atoms with Crippen molar-refractivity contribution in [1.82, 2.24) is 0 Å². The molecule has 0 bridgehead atoms. The standard InChI is InChI=1S/C9H10O5/c1-5-4-14-6(2-3-7(10)11)8(5)9(12)13/h4H,2-3H2,1H3,(H,10,11)(H,12,13). The molecule has 1 heterocycles. The Balaban J connectivity index is 2.86. The normalized spacial score (nSPS) is 10.1. The lowest BCUT2D eigenvalue weighted by molar-refractivity contribution is -0.137. The summed E-state index contributed by atoms with van der Waals surface area (Å²) < 4.78 is 4.96. The van der Waals surface area contributed by atoms with E-state index in [1.165, 1.54) is 6.26 Å². The third-order valence-corrected chi connectivity index (χ3v) is 1.83. The fraction of sp³-hybridized carbons (Fsp3) is 0.333. The van der Waals surface area contributed by atoms with Crippen molar-refractivity contribution in [2.24, 2.45) is 0 Å². The van der Waals surface area contributed by atoms with Crippen LogP contribution in [0.4, 0.5) is 0 Å². The number of hydrogen-bond donors (Lipinski definition) is 2. The van der Waals surface area contributed by atoms with Crippen LogP contribution >= 0.6 is 0 Å². The Morgan fingerprint density at radius 2 is 2.07 bits per heavy atom. The molecule has 0 fully saturated rings. The number of aryl methyl sites for hydroxylation is 2. The molecule has 0 aliphatic carbocycles. The topological polar surface area (TPSA) is 87.7 Å². The summed E-state index contributed by atoms with van der Waals surface area (Å²) in [7, 11) is 0. The summed E-state index contributed by atoms with van der Waals surface area (Å²) in [5.74, 6) is -1.84. The molecule has 5 nitrogen and oxygen atoms in total. The van der Waals surface area contributed by atoms with E-state index in [0.29, 0.717) is 5.56 Å². The lowest BCUT2D eigenvalue weighted by Crippen LogP contribution is -2.03. The van der Waals surface area contributed by atoms with Crippen molar-refractivity contribution in [1.29, 1.82) is 0 Å². The molecule has 14 heavy (non-hydrogen) atoms. The monoisotopic (exact) mass is 198 g/mol. The second-order valence-electron chi connectivity index (χ2n) is 2.92. The molecule has 0 saturated carbocycles. The molecule has 76 valence electrons. The van der Waals surface area contributed by atoms with Crippen LogP contribution in [0.15, 0.2) is 10.7 Å². The van der Waals surface area contributed by atoms with E-state index in [4.69, 9.17) is 14.6 Å². The minimum Gasteiger partial charge on any atom is -0.481 e. The quantitative estimate of drug-likeness (QED) is 0.761. The van der Waals surface area contributed by atoms with Crippen molar-refractivity contribution in [3.8, 4) is 0 Å². The maximum Gasteiger partial charge on any atom is 0.339 e. The summed E-state index contributed by atoms with van der Waals surface area (Å²) in [5, 5.41) is 17.2. The SMILES string of the molecule is Cc1coc(CCC(=O)O)c1C(=O)O. The number of rotatable bonds is 4. The molecule has 2 N–H and O–H groups in total. The zero-order valence-electron chi connectivity index (χ0n) is 7.61. The molecule has 0 spiro atoms. The fourth-order valence-electron chi connectivity index (χ4n) is 1.19. The first-order valence-corrected chi connectivity index (χ1v) is 4.04. The Hall–Kier alpha value is -1.78. The predicted octanol–water partition coefficient (Wildman–Crippen LogP) is 1.30. The number of aliphatic carboxylic acids is 1. The van der Waals surface area contributed by atoms with Crippen LogP contribution in [0.3, 0.4) is 0 Å². The van der Waals surface area contributed by atoms with Crippen molar-refractivity contribution in [2.75, 3.05) is 0 Å². The van der Waals surface area contributed by atoms with Crippen LogP contribution < -0.4 is 0 Å². The maximum atomic E-state index is 10.7. The van der Waals surface area contributed by atoms with Crippen LogP contribution in [0, 0.1) is 6.92 Å². The van der Waals surface area contributed by atoms with E-state index in [0.717, 1.165) is 0 Å². The van der Waals surface area contributed by atoms with Gasteiger partial charge >= 0.3 is 11.9 Å². The van der Waals surface area contributed by atoms with Gasteiger partial charge in [-0.25, -0.2) is 4.79 Å². The maximum absolute atomic E-state index is 10.7. The van der Waals surface area contributed by atoms with Gasteiger partial charge in [0, 0.05) is 12.0 Å². The highest BCUT2D eigenvalue weighted by molar-refractivity contribution is 5.90. The highest BCUT2D eigenvalue weighted by Gasteiger charge is 2.17. The number of carboxylic acid groups (broad SMARTS) is 2. The minimum atomic E-state index is -1.09. The summed E-state index contributed by atoms with van der Waals surface area (Å²) in [4.78, 5) is 21.0. The van der Waals surface area contributed by atoms with E-state index >= 15 is 0 Å². The first kappa shape index (κ1) is 10.3. The van der Waals surface area contributed by atoms with Crippen molar-refractivity contribution >= 4 is 11.9 Å². The second kappa shape index (κ2) is 3.95. The van der Waals surface area contributed by atoms with E-state index in [-0.39, 0.29) is 24.2 Å². The van der Waals surface area contributed by atoms with E-state index in [9.17, 15) is 9.59 Å². The highest BCUT2D eigenvalue weighted by Crippen LogP contribution is 2.17. The summed E-state index contributed by atoms with van der Waals surface area (Å²) in [6.45, 7) is 1.61. The number of carbonyl (C=O) groups is 2. The fourth-order valence-corrected chi connectivity index (χ4v) is 1.19. The van der Waals surface area contributed by atoms with Crippen LogP contribution in [0.2, 0.25) is 0 Å². The highest BCUT2D eigenvalue weighted by atomic mass is 16.4. The van der Waals surface area contributed by atoms with Crippen molar-refractivity contribution in [3.05, 3.63) is 23.2 Å². The predicted molar refractivity (Wildman–Crippen MR) is 46.4 cm³/mol. The van der Waals surface area contributed by atoms with Crippen LogP contribution in [-0.4, -0.2) is 22.2 Å². The number of furan rings is 1. The van der Waals surface area contributed by atoms with Crippen LogP contribution in [-0.2, 0) is 11.2 Å². The zero-order valence-corrected chi connectivity index (χ0v) is 7.61. The van der Waals surface area contributed by atoms with Gasteiger partial charge in [0.2, 0.25) is 0 Å². The van der Waals surface area contributed by atoms with Crippen molar-refractivity contribution in [3.63, 3.8) is 0 Å². The molecule has 0 aliphatic rings. The Kier molecular flexibility index (Phi) is 2.91. The summed E-state index contributed by atoms with van der Waals surface area (Å²) in [6.07, 6.45) is 1.29. The lowest BCUT2D eigenvalue weighted by Gasteiger charge is -1.96. The Bertz CT molecular complexity index is 363. The Labute approximate surface area is 80.0 Å². The summed E-state index contributed by atoms with van der Waals surface area (Å²) in [5.41, 5.74) is 0.587. The number of aromatic carboxylic acids is 1. The smallest absolute Gasteiger partial charge is 0.339 e. The van der Waals surface area contributed by atoms with E-state index in [1.807, 2.05) is 0 Å². The molecular formula is C9H10O5. The molecule has 0 radical (unpaired) electrons. The average Bonchev–Trinajstić information content (AvgIpc) is 2.43. The number of hydrogen-bond acceptors (Lipinski definition) is 3. The third-order valence-electron chi connectivity index (χ3n) is 1.83. The van der Waals surface area contributed by atoms with E-state index < -0.39 is 11.9 Å². The van der Waals surface area contributed by atoms with Crippen LogP contribution in [0.5, 0.6) is 0 Å². The molecule has 0 saturated heterocycles. The van der Waals surface area contributed by atoms with Gasteiger partial charge in [-0.1, -0.05) is 0 Å². The van der Waals surface area contributed by atoms with Crippen molar-refractivity contribution < 1.29 is 24.2 Å². The van der Waals surface area contributed by atoms with Gasteiger partial charge in [-0.05, 0) is 6.92 Å². The second-order valence-corrected chi connectivity index (χ2v) is 2.92. The largest absolute Gasteiger partial charge is 0.481 e. The van der Waals surface area contributed by atoms with E-state index in [2.05, 4.69) is 0 Å². The lowest BCUT2D eigenvalue weighted by atomic mass is 10.1. The molecular weight excluding hydrogens is 188 g/mol. The van der Waals surface area contributed by atoms with Gasteiger partial charge < -0.3 is 14.6 Å². The van der Waals surface area contributed by atoms with Crippen LogP contribution in [0.1, 0.15) is 28.1 Å². The molecule has 5 heteroatoms. The van der Waals surface area contributed by atoms with Gasteiger partial charge in [-0.15, -0.1) is 0 Å². The van der Waals surface area contributed by atoms with Gasteiger partial charge in [0.25, 0.3) is 0 Å². The van der Waals surface area contributed by atoms with Gasteiger partial charge in [0.15, 0.2) is 0 Å². The number of carboxylic acids is 2. The van der Waals surface area contributed by atoms with Gasteiger partial charge in [-0.3, -0.25) is 4.79 Å². The Morgan fingerprint density at radius 3 is 2.57 bits per heavy atom. The summed E-state index contributed by atoms with van der Waals surface area (Å²) in [6, 6.07) is 0. The minimum absolute atomic E-state index is 0.0752. The average molecular weight is 198 g/mol. The molecule has 1 aromatic rings. The molecule has 0 amide bonds. The third kappa shape index (κ3) is 2.12. The van der Waals surface area contributed by atoms with Gasteiger partial charge in [0.05, 0.1) is 12.7 Å². The molecule has 0 unspecified atom stereocenters. The molecule has 0 aromatic carbocycles. The first-order valence-electron chi connectivity index (χ1n) is 4.04. The van der Waals surface area contributed by atoms with Gasteiger partial charge in [-0.2, -0.15) is 0 Å². The molecule has 0 aliphatic heterocycles. The van der Waals surface area contributed by atoms with Crippen LogP contribution in [0.25, 0.3) is 0 Å². The first-order chi connectivity index (χ1) is 6.52. The Morgan fingerprint density at radius 1 is 1.43 bits per heavy atom.